The van der Waals surface area contributed by atoms with Crippen LogP contribution in [0.2, 0.25) is 0 Å². The molecular weight excluding hydrogens is 466 g/mol. The molecule has 1 N–H and O–H groups in total. The Balaban J connectivity index is 1.55. The van der Waals surface area contributed by atoms with E-state index in [9.17, 15) is 4.79 Å². The highest BCUT2D eigenvalue weighted by Crippen LogP contribution is 2.30. The first-order valence-corrected chi connectivity index (χ1v) is 10.8. The lowest BCUT2D eigenvalue weighted by Crippen LogP contribution is -2.37. The van der Waals surface area contributed by atoms with Crippen molar-refractivity contribution in [1.82, 2.24) is 19.3 Å². The van der Waals surface area contributed by atoms with Gasteiger partial charge in [-0.05, 0) is 47.3 Å². The third kappa shape index (κ3) is 4.53. The van der Waals surface area contributed by atoms with E-state index >= 15 is 0 Å². The fourth-order valence-electron chi connectivity index (χ4n) is 3.57. The van der Waals surface area contributed by atoms with Gasteiger partial charge in [-0.15, -0.1) is 0 Å². The summed E-state index contributed by atoms with van der Waals surface area (Å²) >= 11 is 3.47. The zero-order chi connectivity index (χ0) is 21.8. The second kappa shape index (κ2) is 9.42. The summed E-state index contributed by atoms with van der Waals surface area (Å²) in [4.78, 5) is 23.1. The van der Waals surface area contributed by atoms with E-state index in [0.717, 1.165) is 30.6 Å². The van der Waals surface area contributed by atoms with Crippen molar-refractivity contribution in [2.45, 2.75) is 25.8 Å². The number of anilines is 1. The standard InChI is InChI=1S/C21H24BrN5O4/c1-29-15-7-6-14(16(12-15)30-2)13-24-19-17-18(22)25-20(27(17)11-8-23-19)31-21(28)26-9-4-3-5-10-26/h6-8,11-12H,3-5,9-10,13H2,1-2H3,(H,23,24). The number of rotatable bonds is 6. The molecule has 4 rings (SSSR count). The van der Waals surface area contributed by atoms with Gasteiger partial charge in [-0.2, -0.15) is 4.98 Å². The van der Waals surface area contributed by atoms with Crippen LogP contribution in [0.4, 0.5) is 10.6 Å². The van der Waals surface area contributed by atoms with Crippen LogP contribution in [-0.2, 0) is 6.54 Å². The summed E-state index contributed by atoms with van der Waals surface area (Å²) in [5.74, 6) is 2.03. The number of carbonyl (C=O) groups excluding carboxylic acids is 1. The van der Waals surface area contributed by atoms with Crippen LogP contribution < -0.4 is 19.5 Å². The molecule has 0 unspecified atom stereocenters. The Bertz CT molecular complexity index is 1080. The lowest BCUT2D eigenvalue weighted by molar-refractivity contribution is 0.139. The lowest BCUT2D eigenvalue weighted by Gasteiger charge is -2.25. The van der Waals surface area contributed by atoms with Crippen LogP contribution in [0.5, 0.6) is 17.5 Å². The van der Waals surface area contributed by atoms with Gasteiger partial charge in [-0.25, -0.2) is 9.78 Å². The number of hydrogen-bond acceptors (Lipinski definition) is 7. The van der Waals surface area contributed by atoms with E-state index in [-0.39, 0.29) is 12.1 Å². The molecule has 1 fully saturated rings. The van der Waals surface area contributed by atoms with Gasteiger partial charge in [0.1, 0.15) is 21.6 Å². The van der Waals surface area contributed by atoms with Crippen molar-refractivity contribution >= 4 is 33.4 Å². The molecule has 1 aliphatic rings. The summed E-state index contributed by atoms with van der Waals surface area (Å²) in [5, 5.41) is 3.31. The maximum atomic E-state index is 12.5. The van der Waals surface area contributed by atoms with Crippen molar-refractivity contribution in [3.8, 4) is 17.5 Å². The molecule has 1 aliphatic heterocycles. The number of amides is 1. The second-order valence-electron chi connectivity index (χ2n) is 7.13. The second-order valence-corrected chi connectivity index (χ2v) is 7.88. The smallest absolute Gasteiger partial charge is 0.417 e. The Labute approximate surface area is 188 Å². The molecular formula is C21H24BrN5O4. The van der Waals surface area contributed by atoms with Gasteiger partial charge < -0.3 is 24.4 Å². The number of likely N-dealkylation sites (tertiary alicyclic amines) is 1. The van der Waals surface area contributed by atoms with Gasteiger partial charge in [0, 0.05) is 43.7 Å². The number of piperidine rings is 1. The number of fused-ring (bicyclic) bond motifs is 1. The van der Waals surface area contributed by atoms with Crippen LogP contribution in [-0.4, -0.2) is 52.7 Å². The number of methoxy groups -OCH3 is 2. The molecule has 164 valence electrons. The van der Waals surface area contributed by atoms with E-state index in [1.807, 2.05) is 18.2 Å². The zero-order valence-corrected chi connectivity index (χ0v) is 19.0. The number of imidazole rings is 1. The number of carbonyl (C=O) groups is 1. The third-order valence-electron chi connectivity index (χ3n) is 5.21. The fraction of sp³-hybridized carbons (Fsp3) is 0.381. The number of hydrogen-bond donors (Lipinski definition) is 1. The monoisotopic (exact) mass is 489 g/mol. The van der Waals surface area contributed by atoms with E-state index in [1.165, 1.54) is 0 Å². The molecule has 2 aromatic heterocycles. The molecule has 3 aromatic rings. The molecule has 1 aromatic carbocycles. The van der Waals surface area contributed by atoms with Crippen LogP contribution in [0.1, 0.15) is 24.8 Å². The van der Waals surface area contributed by atoms with Gasteiger partial charge in [0.15, 0.2) is 5.82 Å². The van der Waals surface area contributed by atoms with Gasteiger partial charge in [-0.3, -0.25) is 4.40 Å². The molecule has 1 saturated heterocycles. The molecule has 31 heavy (non-hydrogen) atoms. The highest BCUT2D eigenvalue weighted by atomic mass is 79.9. The lowest BCUT2D eigenvalue weighted by atomic mass is 10.1. The highest BCUT2D eigenvalue weighted by molar-refractivity contribution is 9.10. The number of aromatic nitrogens is 3. The Morgan fingerprint density at radius 2 is 2.00 bits per heavy atom. The normalized spacial score (nSPS) is 13.8. The van der Waals surface area contributed by atoms with Gasteiger partial charge in [0.05, 0.1) is 14.2 Å². The molecule has 0 radical (unpaired) electrons. The average molecular weight is 490 g/mol. The molecule has 0 aliphatic carbocycles. The molecule has 0 atom stereocenters. The van der Waals surface area contributed by atoms with E-state index in [4.69, 9.17) is 14.2 Å². The third-order valence-corrected chi connectivity index (χ3v) is 5.77. The van der Waals surface area contributed by atoms with Crippen LogP contribution >= 0.6 is 15.9 Å². The maximum absolute atomic E-state index is 12.5. The average Bonchev–Trinajstić information content (AvgIpc) is 3.13. The van der Waals surface area contributed by atoms with Gasteiger partial charge in [0.25, 0.3) is 0 Å². The summed E-state index contributed by atoms with van der Waals surface area (Å²) < 4.78 is 18.5. The topological polar surface area (TPSA) is 90.2 Å². The van der Waals surface area contributed by atoms with Gasteiger partial charge in [0.2, 0.25) is 0 Å². The SMILES string of the molecule is COc1ccc(CNc2nccn3c(OC(=O)N4CCCCC4)nc(Br)c23)c(OC)c1. The van der Waals surface area contributed by atoms with Gasteiger partial charge >= 0.3 is 12.1 Å². The molecule has 0 bridgehead atoms. The van der Waals surface area contributed by atoms with Crippen molar-refractivity contribution in [2.75, 3.05) is 32.6 Å². The number of benzene rings is 1. The summed E-state index contributed by atoms with van der Waals surface area (Å²) in [7, 11) is 3.23. The number of nitrogens with zero attached hydrogens (tertiary/aromatic N) is 4. The molecule has 0 spiro atoms. The van der Waals surface area contributed by atoms with Gasteiger partial charge in [-0.1, -0.05) is 0 Å². The largest absolute Gasteiger partial charge is 0.497 e. The van der Waals surface area contributed by atoms with E-state index in [2.05, 4.69) is 31.2 Å². The summed E-state index contributed by atoms with van der Waals surface area (Å²) in [5.41, 5.74) is 1.62. The van der Waals surface area contributed by atoms with Crippen LogP contribution in [0, 0.1) is 0 Å². The molecule has 0 saturated carbocycles. The minimum Gasteiger partial charge on any atom is -0.497 e. The predicted octanol–water partition coefficient (Wildman–Crippen LogP) is 4.11. The van der Waals surface area contributed by atoms with Crippen molar-refractivity contribution in [3.05, 3.63) is 40.8 Å². The Morgan fingerprint density at radius 1 is 1.19 bits per heavy atom. The first-order valence-electron chi connectivity index (χ1n) is 10.0. The fourth-order valence-corrected chi connectivity index (χ4v) is 4.10. The summed E-state index contributed by atoms with van der Waals surface area (Å²) in [6, 6.07) is 5.84. The predicted molar refractivity (Wildman–Crippen MR) is 119 cm³/mol. The van der Waals surface area contributed by atoms with Crippen molar-refractivity contribution < 1.29 is 19.0 Å². The quantitative estimate of drug-likeness (QED) is 0.556. The number of nitrogens with one attached hydrogen (secondary N) is 1. The van der Waals surface area contributed by atoms with Crippen molar-refractivity contribution in [1.29, 1.82) is 0 Å². The van der Waals surface area contributed by atoms with Crippen LogP contribution in [0.3, 0.4) is 0 Å². The number of ether oxygens (including phenoxy) is 3. The first-order chi connectivity index (χ1) is 15.1. The van der Waals surface area contributed by atoms with Crippen LogP contribution in [0.15, 0.2) is 35.2 Å². The molecule has 3 heterocycles. The minimum absolute atomic E-state index is 0.199. The summed E-state index contributed by atoms with van der Waals surface area (Å²) in [6.07, 6.45) is 6.09. The summed E-state index contributed by atoms with van der Waals surface area (Å²) in [6.45, 7) is 1.89. The first kappa shape index (κ1) is 21.2. The Morgan fingerprint density at radius 3 is 2.74 bits per heavy atom. The Hall–Kier alpha value is -3.01. The zero-order valence-electron chi connectivity index (χ0n) is 17.4. The van der Waals surface area contributed by atoms with Crippen molar-refractivity contribution in [3.63, 3.8) is 0 Å². The maximum Gasteiger partial charge on any atom is 0.417 e. The van der Waals surface area contributed by atoms with Crippen molar-refractivity contribution in [2.24, 2.45) is 0 Å². The number of halogens is 1. The van der Waals surface area contributed by atoms with E-state index < -0.39 is 0 Å². The van der Waals surface area contributed by atoms with E-state index in [1.54, 1.807) is 35.9 Å². The van der Waals surface area contributed by atoms with Crippen LogP contribution in [0.25, 0.3) is 5.52 Å². The Kier molecular flexibility index (Phi) is 6.45. The molecule has 9 nitrogen and oxygen atoms in total. The minimum atomic E-state index is -0.381. The molecule has 1 amide bonds. The van der Waals surface area contributed by atoms with E-state index in [0.29, 0.717) is 41.3 Å². The molecule has 10 heteroatoms. The highest BCUT2D eigenvalue weighted by Gasteiger charge is 2.22.